The van der Waals surface area contributed by atoms with Gasteiger partial charge < -0.3 is 30.7 Å². The number of carboxylic acids is 1. The Bertz CT molecular complexity index is 919. The summed E-state index contributed by atoms with van der Waals surface area (Å²) >= 11 is 0. The monoisotopic (exact) mass is 476 g/mol. The van der Waals surface area contributed by atoms with E-state index in [4.69, 9.17) is 4.74 Å². The maximum atomic E-state index is 12.6. The Kier molecular flexibility index (Phi) is 8.99. The van der Waals surface area contributed by atoms with E-state index < -0.39 is 53.4 Å². The number of likely N-dealkylation sites (tertiary alicyclic amines) is 1. The predicted octanol–water partition coefficient (Wildman–Crippen LogP) is 0.776. The van der Waals surface area contributed by atoms with Crippen molar-refractivity contribution in [3.8, 4) is 0 Å². The minimum absolute atomic E-state index is 0.0366. The molecule has 1 aromatic carbocycles. The van der Waals surface area contributed by atoms with Gasteiger partial charge in [-0.3, -0.25) is 14.4 Å². The number of carbonyl (C=O) groups is 5. The lowest BCUT2D eigenvalue weighted by atomic mass is 10.0. The van der Waals surface area contributed by atoms with E-state index in [9.17, 15) is 29.1 Å². The van der Waals surface area contributed by atoms with Crippen LogP contribution in [-0.4, -0.2) is 70.0 Å². The fourth-order valence-corrected chi connectivity index (χ4v) is 3.45. The van der Waals surface area contributed by atoms with Crippen molar-refractivity contribution in [2.45, 2.75) is 70.8 Å². The Hall–Kier alpha value is -3.63. The zero-order valence-corrected chi connectivity index (χ0v) is 19.8. The second kappa shape index (κ2) is 11.5. The highest BCUT2D eigenvalue weighted by molar-refractivity contribution is 5.95. The van der Waals surface area contributed by atoms with Gasteiger partial charge in [-0.1, -0.05) is 30.3 Å². The van der Waals surface area contributed by atoms with E-state index in [2.05, 4.69) is 16.0 Å². The lowest BCUT2D eigenvalue weighted by Gasteiger charge is -2.28. The molecule has 1 fully saturated rings. The first kappa shape index (κ1) is 26.6. The third kappa shape index (κ3) is 7.19. The summed E-state index contributed by atoms with van der Waals surface area (Å²) in [4.78, 5) is 62.4. The number of aliphatic carboxylic acids is 1. The average Bonchev–Trinajstić information content (AvgIpc) is 3.27. The second-order valence-corrected chi connectivity index (χ2v) is 8.77. The molecule has 0 bridgehead atoms. The number of alkyl carbamates (subject to hydrolysis) is 1. The molecule has 2 rings (SSSR count). The summed E-state index contributed by atoms with van der Waals surface area (Å²) in [5.74, 6) is -2.83. The van der Waals surface area contributed by atoms with Crippen LogP contribution in [0.5, 0.6) is 0 Å². The number of rotatable bonds is 9. The molecule has 1 heterocycles. The van der Waals surface area contributed by atoms with Gasteiger partial charge in [-0.05, 0) is 46.1 Å². The molecule has 0 saturated carbocycles. The molecule has 11 nitrogen and oxygen atoms in total. The first-order valence-corrected chi connectivity index (χ1v) is 11.1. The number of carboxylic acid groups (broad SMARTS) is 1. The van der Waals surface area contributed by atoms with E-state index in [1.165, 1.54) is 32.6 Å². The molecule has 0 spiro atoms. The zero-order valence-electron chi connectivity index (χ0n) is 19.8. The van der Waals surface area contributed by atoms with Crippen molar-refractivity contribution < 1.29 is 33.8 Å². The summed E-state index contributed by atoms with van der Waals surface area (Å²) in [6, 6.07) is 6.16. The minimum Gasteiger partial charge on any atom is -0.480 e. The maximum absolute atomic E-state index is 12.6. The molecule has 0 radical (unpaired) electrons. The van der Waals surface area contributed by atoms with E-state index in [0.29, 0.717) is 19.4 Å². The van der Waals surface area contributed by atoms with Gasteiger partial charge in [0.2, 0.25) is 17.7 Å². The van der Waals surface area contributed by atoms with E-state index in [0.717, 1.165) is 5.56 Å². The van der Waals surface area contributed by atoms with Gasteiger partial charge in [-0.25, -0.2) is 9.59 Å². The van der Waals surface area contributed by atoms with Crippen LogP contribution in [-0.2, 0) is 30.5 Å². The number of benzene rings is 1. The Morgan fingerprint density at radius 3 is 2.35 bits per heavy atom. The number of nitrogens with one attached hydrogen (secondary N) is 3. The third-order valence-corrected chi connectivity index (χ3v) is 5.49. The lowest BCUT2D eigenvalue weighted by Crippen LogP contribution is -2.59. The van der Waals surface area contributed by atoms with Crippen molar-refractivity contribution in [2.24, 2.45) is 0 Å². The first-order chi connectivity index (χ1) is 15.9. The Labute approximate surface area is 198 Å². The zero-order chi connectivity index (χ0) is 25.5. The molecule has 4 amide bonds. The number of carbonyl (C=O) groups excluding carboxylic acids is 4. The summed E-state index contributed by atoms with van der Waals surface area (Å²) in [7, 11) is 0. The third-order valence-electron chi connectivity index (χ3n) is 5.49. The summed E-state index contributed by atoms with van der Waals surface area (Å²) in [6.07, 6.45) is 0.148. The molecule has 1 aromatic rings. The van der Waals surface area contributed by atoms with Crippen molar-refractivity contribution in [3.63, 3.8) is 0 Å². The minimum atomic E-state index is -1.38. The van der Waals surface area contributed by atoms with Crippen LogP contribution in [0.15, 0.2) is 30.3 Å². The fraction of sp³-hybridized carbons (Fsp3) is 0.522. The predicted molar refractivity (Wildman–Crippen MR) is 121 cm³/mol. The van der Waals surface area contributed by atoms with Gasteiger partial charge in [0.25, 0.3) is 0 Å². The number of hydrogen-bond acceptors (Lipinski definition) is 6. The molecule has 0 unspecified atom stereocenters. The van der Waals surface area contributed by atoms with Crippen molar-refractivity contribution in [1.82, 2.24) is 20.9 Å². The molecule has 1 aliphatic heterocycles. The van der Waals surface area contributed by atoms with Gasteiger partial charge in [0, 0.05) is 6.54 Å². The smallest absolute Gasteiger partial charge is 0.408 e. The van der Waals surface area contributed by atoms with E-state index in [1.807, 2.05) is 18.2 Å². The lowest BCUT2D eigenvalue weighted by molar-refractivity contribution is -0.149. The molecule has 34 heavy (non-hydrogen) atoms. The van der Waals surface area contributed by atoms with Crippen LogP contribution in [0.1, 0.15) is 46.1 Å². The highest BCUT2D eigenvalue weighted by Crippen LogP contribution is 2.18. The van der Waals surface area contributed by atoms with Gasteiger partial charge in [0.05, 0.1) is 0 Å². The van der Waals surface area contributed by atoms with Crippen LogP contribution in [0.2, 0.25) is 0 Å². The normalized spacial score (nSPS) is 17.3. The van der Waals surface area contributed by atoms with Gasteiger partial charge in [0.1, 0.15) is 30.3 Å². The average molecular weight is 477 g/mol. The van der Waals surface area contributed by atoms with Crippen molar-refractivity contribution in [1.29, 1.82) is 0 Å². The fourth-order valence-electron chi connectivity index (χ4n) is 3.45. The first-order valence-electron chi connectivity index (χ1n) is 11.1. The molecule has 3 atom stereocenters. The molecule has 4 N–H and O–H groups in total. The SMILES string of the molecule is C[C@H](NC(=O)C(C)(C)NC(=O)OCc1ccccc1)C(=O)N[C@@H](C)C(=O)N1CCC[C@H]1C(=O)O. The van der Waals surface area contributed by atoms with Crippen molar-refractivity contribution >= 4 is 29.8 Å². The van der Waals surface area contributed by atoms with Gasteiger partial charge in [-0.15, -0.1) is 0 Å². The summed E-state index contributed by atoms with van der Waals surface area (Å²) in [5, 5.41) is 16.7. The van der Waals surface area contributed by atoms with Gasteiger partial charge in [-0.2, -0.15) is 0 Å². The highest BCUT2D eigenvalue weighted by atomic mass is 16.5. The molecular weight excluding hydrogens is 444 g/mol. The quantitative estimate of drug-likeness (QED) is 0.411. The number of nitrogens with zero attached hydrogens (tertiary/aromatic N) is 1. The van der Waals surface area contributed by atoms with Crippen LogP contribution in [0.25, 0.3) is 0 Å². The Morgan fingerprint density at radius 2 is 1.74 bits per heavy atom. The van der Waals surface area contributed by atoms with Crippen LogP contribution < -0.4 is 16.0 Å². The van der Waals surface area contributed by atoms with Gasteiger partial charge in [0.15, 0.2) is 0 Å². The maximum Gasteiger partial charge on any atom is 0.408 e. The van der Waals surface area contributed by atoms with E-state index >= 15 is 0 Å². The molecule has 186 valence electrons. The van der Waals surface area contributed by atoms with Crippen LogP contribution in [0.4, 0.5) is 4.79 Å². The number of ether oxygens (including phenoxy) is 1. The van der Waals surface area contributed by atoms with Crippen LogP contribution >= 0.6 is 0 Å². The standard InChI is InChI=1S/C23H32N4O7/c1-14(18(28)24-15(2)19(29)27-12-8-11-17(27)20(30)31)25-21(32)23(3,4)26-22(33)34-13-16-9-6-5-7-10-16/h5-7,9-10,14-15,17H,8,11-13H2,1-4H3,(H,24,28)(H,25,32)(H,26,33)(H,30,31)/t14-,15-,17-/m0/s1. The van der Waals surface area contributed by atoms with Gasteiger partial charge >= 0.3 is 12.1 Å². The number of amides is 4. The highest BCUT2D eigenvalue weighted by Gasteiger charge is 2.37. The molecule has 1 saturated heterocycles. The molecule has 0 aliphatic carbocycles. The van der Waals surface area contributed by atoms with Crippen LogP contribution in [0, 0.1) is 0 Å². The molecule has 1 aliphatic rings. The van der Waals surface area contributed by atoms with E-state index in [-0.39, 0.29) is 6.61 Å². The molecule has 11 heteroatoms. The summed E-state index contributed by atoms with van der Waals surface area (Å²) in [6.45, 7) is 6.16. The molecular formula is C23H32N4O7. The van der Waals surface area contributed by atoms with Crippen molar-refractivity contribution in [3.05, 3.63) is 35.9 Å². The molecule has 0 aromatic heterocycles. The topological polar surface area (TPSA) is 154 Å². The summed E-state index contributed by atoms with van der Waals surface area (Å²) < 4.78 is 5.13. The second-order valence-electron chi connectivity index (χ2n) is 8.77. The number of hydrogen-bond donors (Lipinski definition) is 4. The van der Waals surface area contributed by atoms with Crippen molar-refractivity contribution in [2.75, 3.05) is 6.54 Å². The van der Waals surface area contributed by atoms with E-state index in [1.54, 1.807) is 12.1 Å². The summed E-state index contributed by atoms with van der Waals surface area (Å²) in [5.41, 5.74) is -0.592. The van der Waals surface area contributed by atoms with Crippen LogP contribution in [0.3, 0.4) is 0 Å². The largest absolute Gasteiger partial charge is 0.480 e. The Morgan fingerprint density at radius 1 is 1.09 bits per heavy atom. The Balaban J connectivity index is 1.84.